The summed E-state index contributed by atoms with van der Waals surface area (Å²) in [5.74, 6) is -1.26. The molecule has 20 heavy (non-hydrogen) atoms. The van der Waals surface area contributed by atoms with Gasteiger partial charge >= 0.3 is 5.97 Å². The molecule has 1 heterocycles. The third-order valence-corrected chi connectivity index (χ3v) is 2.75. The van der Waals surface area contributed by atoms with Crippen LogP contribution in [-0.4, -0.2) is 22.0 Å². The highest BCUT2D eigenvalue weighted by molar-refractivity contribution is 5.92. The number of carbonyl (C=O) groups is 2. The van der Waals surface area contributed by atoms with Gasteiger partial charge < -0.3 is 10.4 Å². The van der Waals surface area contributed by atoms with Gasteiger partial charge in [-0.2, -0.15) is 0 Å². The lowest BCUT2D eigenvalue weighted by Gasteiger charge is -2.05. The summed E-state index contributed by atoms with van der Waals surface area (Å²) in [6.07, 6.45) is 1.59. The van der Waals surface area contributed by atoms with Crippen molar-refractivity contribution in [2.45, 2.75) is 13.3 Å². The molecule has 0 fully saturated rings. The standard InChI is InChI=1S/C15H14N2O3/c1-10-2-4-11(5-3-10)8-14(18)17-12-6-7-13(15(19)20)16-9-12/h2-7,9H,8H2,1H3,(H,17,18)(H,19,20). The van der Waals surface area contributed by atoms with E-state index in [9.17, 15) is 9.59 Å². The third kappa shape index (κ3) is 3.65. The minimum atomic E-state index is -1.09. The van der Waals surface area contributed by atoms with E-state index in [4.69, 9.17) is 5.11 Å². The number of aromatic carboxylic acids is 1. The fourth-order valence-electron chi connectivity index (χ4n) is 1.69. The summed E-state index contributed by atoms with van der Waals surface area (Å²) in [5.41, 5.74) is 2.49. The van der Waals surface area contributed by atoms with Crippen molar-refractivity contribution in [2.24, 2.45) is 0 Å². The normalized spacial score (nSPS) is 10.1. The molecule has 0 spiro atoms. The number of rotatable bonds is 4. The van der Waals surface area contributed by atoms with Crippen LogP contribution in [0.5, 0.6) is 0 Å². The van der Waals surface area contributed by atoms with Crippen molar-refractivity contribution in [1.82, 2.24) is 4.98 Å². The number of aryl methyl sites for hydroxylation is 1. The van der Waals surface area contributed by atoms with Gasteiger partial charge in [0.15, 0.2) is 0 Å². The summed E-state index contributed by atoms with van der Waals surface area (Å²) in [6.45, 7) is 1.99. The maximum absolute atomic E-state index is 11.8. The number of carbonyl (C=O) groups excluding carboxylic acids is 1. The van der Waals surface area contributed by atoms with Crippen LogP contribution in [0.25, 0.3) is 0 Å². The van der Waals surface area contributed by atoms with Crippen molar-refractivity contribution in [2.75, 3.05) is 5.32 Å². The summed E-state index contributed by atoms with van der Waals surface area (Å²) in [7, 11) is 0. The number of carboxylic acids is 1. The number of benzene rings is 1. The van der Waals surface area contributed by atoms with Gasteiger partial charge in [0.2, 0.25) is 5.91 Å². The maximum Gasteiger partial charge on any atom is 0.354 e. The highest BCUT2D eigenvalue weighted by Crippen LogP contribution is 2.09. The molecule has 5 nitrogen and oxygen atoms in total. The van der Waals surface area contributed by atoms with E-state index in [1.807, 2.05) is 31.2 Å². The fourth-order valence-corrected chi connectivity index (χ4v) is 1.69. The fraction of sp³-hybridized carbons (Fsp3) is 0.133. The van der Waals surface area contributed by atoms with Crippen molar-refractivity contribution in [3.8, 4) is 0 Å². The Morgan fingerprint density at radius 3 is 2.40 bits per heavy atom. The van der Waals surface area contributed by atoms with Gasteiger partial charge in [-0.3, -0.25) is 4.79 Å². The van der Waals surface area contributed by atoms with Crippen LogP contribution in [-0.2, 0) is 11.2 Å². The third-order valence-electron chi connectivity index (χ3n) is 2.75. The number of hydrogen-bond acceptors (Lipinski definition) is 3. The largest absolute Gasteiger partial charge is 0.477 e. The Kier molecular flexibility index (Phi) is 4.10. The molecule has 5 heteroatoms. The molecule has 2 rings (SSSR count). The van der Waals surface area contributed by atoms with Crippen LogP contribution in [0.1, 0.15) is 21.6 Å². The summed E-state index contributed by atoms with van der Waals surface area (Å²) in [6, 6.07) is 10.6. The molecular weight excluding hydrogens is 256 g/mol. The summed E-state index contributed by atoms with van der Waals surface area (Å²) < 4.78 is 0. The quantitative estimate of drug-likeness (QED) is 0.893. The first kappa shape index (κ1) is 13.7. The first-order valence-corrected chi connectivity index (χ1v) is 6.09. The minimum absolute atomic E-state index is 0.0541. The van der Waals surface area contributed by atoms with Crippen LogP contribution in [0.4, 0.5) is 5.69 Å². The topological polar surface area (TPSA) is 79.3 Å². The van der Waals surface area contributed by atoms with Gasteiger partial charge in [0, 0.05) is 0 Å². The van der Waals surface area contributed by atoms with E-state index in [1.54, 1.807) is 0 Å². The Hall–Kier alpha value is -2.69. The van der Waals surface area contributed by atoms with E-state index in [1.165, 1.54) is 18.3 Å². The maximum atomic E-state index is 11.8. The van der Waals surface area contributed by atoms with Gasteiger partial charge in [0.25, 0.3) is 0 Å². The predicted molar refractivity (Wildman–Crippen MR) is 74.7 cm³/mol. The van der Waals surface area contributed by atoms with Gasteiger partial charge in [-0.25, -0.2) is 9.78 Å². The van der Waals surface area contributed by atoms with E-state index < -0.39 is 5.97 Å². The van der Waals surface area contributed by atoms with Crippen molar-refractivity contribution >= 4 is 17.6 Å². The van der Waals surface area contributed by atoms with Crippen molar-refractivity contribution in [3.05, 3.63) is 59.4 Å². The average Bonchev–Trinajstić information content (AvgIpc) is 2.42. The lowest BCUT2D eigenvalue weighted by molar-refractivity contribution is -0.115. The number of amides is 1. The van der Waals surface area contributed by atoms with Gasteiger partial charge in [-0.1, -0.05) is 29.8 Å². The molecular formula is C15H14N2O3. The van der Waals surface area contributed by atoms with Crippen LogP contribution in [0.3, 0.4) is 0 Å². The molecule has 0 radical (unpaired) electrons. The van der Waals surface area contributed by atoms with Crippen molar-refractivity contribution < 1.29 is 14.7 Å². The zero-order valence-electron chi connectivity index (χ0n) is 11.0. The Bertz CT molecular complexity index is 619. The van der Waals surface area contributed by atoms with E-state index in [0.717, 1.165) is 11.1 Å². The summed E-state index contributed by atoms with van der Waals surface area (Å²) in [4.78, 5) is 26.2. The van der Waals surface area contributed by atoms with E-state index >= 15 is 0 Å². The zero-order valence-corrected chi connectivity index (χ0v) is 11.0. The zero-order chi connectivity index (χ0) is 14.5. The summed E-state index contributed by atoms with van der Waals surface area (Å²) >= 11 is 0. The Balaban J connectivity index is 1.97. The van der Waals surface area contributed by atoms with Crippen LogP contribution in [0, 0.1) is 6.92 Å². The number of nitrogens with one attached hydrogen (secondary N) is 1. The molecule has 0 unspecified atom stereocenters. The van der Waals surface area contributed by atoms with Gasteiger partial charge in [0.1, 0.15) is 5.69 Å². The lowest BCUT2D eigenvalue weighted by Crippen LogP contribution is -2.14. The molecule has 0 atom stereocenters. The van der Waals surface area contributed by atoms with Crippen molar-refractivity contribution in [1.29, 1.82) is 0 Å². The van der Waals surface area contributed by atoms with Crippen LogP contribution in [0.15, 0.2) is 42.6 Å². The Morgan fingerprint density at radius 1 is 1.15 bits per heavy atom. The van der Waals surface area contributed by atoms with Crippen molar-refractivity contribution in [3.63, 3.8) is 0 Å². The number of anilines is 1. The highest BCUT2D eigenvalue weighted by Gasteiger charge is 2.06. The molecule has 2 aromatic rings. The first-order valence-electron chi connectivity index (χ1n) is 6.09. The molecule has 0 aliphatic rings. The lowest BCUT2D eigenvalue weighted by atomic mass is 10.1. The molecule has 0 saturated carbocycles. The second kappa shape index (κ2) is 5.97. The van der Waals surface area contributed by atoms with Crippen LogP contribution < -0.4 is 5.32 Å². The molecule has 0 aliphatic carbocycles. The number of aromatic nitrogens is 1. The van der Waals surface area contributed by atoms with Gasteiger partial charge in [-0.15, -0.1) is 0 Å². The first-order chi connectivity index (χ1) is 9.54. The molecule has 0 aliphatic heterocycles. The van der Waals surface area contributed by atoms with E-state index in [-0.39, 0.29) is 18.0 Å². The van der Waals surface area contributed by atoms with Gasteiger partial charge in [-0.05, 0) is 24.6 Å². The molecule has 1 aromatic carbocycles. The number of hydrogen-bond donors (Lipinski definition) is 2. The summed E-state index contributed by atoms with van der Waals surface area (Å²) in [5, 5.41) is 11.4. The second-order valence-electron chi connectivity index (χ2n) is 4.45. The number of carboxylic acid groups (broad SMARTS) is 1. The Labute approximate surface area is 116 Å². The monoisotopic (exact) mass is 270 g/mol. The van der Waals surface area contributed by atoms with Crippen LogP contribution in [0.2, 0.25) is 0 Å². The molecule has 0 bridgehead atoms. The Morgan fingerprint density at radius 2 is 1.85 bits per heavy atom. The molecule has 1 amide bonds. The van der Waals surface area contributed by atoms with E-state index in [0.29, 0.717) is 5.69 Å². The highest BCUT2D eigenvalue weighted by atomic mass is 16.4. The van der Waals surface area contributed by atoms with Crippen LogP contribution >= 0.6 is 0 Å². The second-order valence-corrected chi connectivity index (χ2v) is 4.45. The molecule has 1 aromatic heterocycles. The predicted octanol–water partition coefficient (Wildman–Crippen LogP) is 2.27. The SMILES string of the molecule is Cc1ccc(CC(=O)Nc2ccc(C(=O)O)nc2)cc1. The van der Waals surface area contributed by atoms with Gasteiger partial charge in [0.05, 0.1) is 18.3 Å². The number of nitrogens with zero attached hydrogens (tertiary/aromatic N) is 1. The molecule has 0 saturated heterocycles. The average molecular weight is 270 g/mol. The molecule has 102 valence electrons. The smallest absolute Gasteiger partial charge is 0.354 e. The van der Waals surface area contributed by atoms with E-state index in [2.05, 4.69) is 10.3 Å². The number of pyridine rings is 1. The molecule has 2 N–H and O–H groups in total. The minimum Gasteiger partial charge on any atom is -0.477 e.